The number of methoxy groups -OCH3 is 1. The third-order valence-corrected chi connectivity index (χ3v) is 7.86. The summed E-state index contributed by atoms with van der Waals surface area (Å²) in [5.41, 5.74) is 3.51. The van der Waals surface area contributed by atoms with E-state index in [1.807, 2.05) is 18.2 Å². The molecule has 1 aliphatic carbocycles. The Bertz CT molecular complexity index is 988. The quantitative estimate of drug-likeness (QED) is 0.517. The lowest BCUT2D eigenvalue weighted by atomic mass is 9.88. The predicted molar refractivity (Wildman–Crippen MR) is 123 cm³/mol. The van der Waals surface area contributed by atoms with Crippen LogP contribution in [0.5, 0.6) is 5.75 Å². The van der Waals surface area contributed by atoms with Crippen LogP contribution in [-0.4, -0.2) is 34.3 Å². The number of fused-ring (bicyclic) bond motifs is 1. The van der Waals surface area contributed by atoms with E-state index in [-0.39, 0.29) is 18.2 Å². The van der Waals surface area contributed by atoms with Crippen LogP contribution in [-0.2, 0) is 16.4 Å². The Hall–Kier alpha value is -1.93. The fourth-order valence-electron chi connectivity index (χ4n) is 4.25. The molecule has 7 heteroatoms. The summed E-state index contributed by atoms with van der Waals surface area (Å²) in [4.78, 5) is 0.325. The first-order valence-electron chi connectivity index (χ1n) is 11.3. The van der Waals surface area contributed by atoms with Gasteiger partial charge < -0.3 is 10.1 Å². The van der Waals surface area contributed by atoms with E-state index in [9.17, 15) is 8.42 Å². The summed E-state index contributed by atoms with van der Waals surface area (Å²) >= 11 is 0. The highest BCUT2D eigenvalue weighted by molar-refractivity contribution is 7.89. The predicted octanol–water partition coefficient (Wildman–Crippen LogP) is 3.48. The zero-order valence-corrected chi connectivity index (χ0v) is 19.2. The molecule has 1 aliphatic heterocycles. The lowest BCUT2D eigenvalue weighted by Crippen LogP contribution is -2.49. The molecule has 6 nitrogen and oxygen atoms in total. The van der Waals surface area contributed by atoms with E-state index >= 15 is 0 Å². The van der Waals surface area contributed by atoms with Crippen molar-refractivity contribution in [1.82, 2.24) is 15.4 Å². The van der Waals surface area contributed by atoms with Crippen molar-refractivity contribution in [2.75, 3.05) is 13.7 Å². The topological polar surface area (TPSA) is 79.5 Å². The van der Waals surface area contributed by atoms with Gasteiger partial charge in [-0.25, -0.2) is 13.1 Å². The molecule has 0 saturated heterocycles. The summed E-state index contributed by atoms with van der Waals surface area (Å²) in [6.45, 7) is 3.15. The summed E-state index contributed by atoms with van der Waals surface area (Å²) in [7, 11) is -1.77. The largest absolute Gasteiger partial charge is 0.497 e. The minimum Gasteiger partial charge on any atom is -0.497 e. The summed E-state index contributed by atoms with van der Waals surface area (Å²) in [5.74, 6) is 0.857. The molecule has 0 bridgehead atoms. The minimum atomic E-state index is -3.46. The van der Waals surface area contributed by atoms with Crippen LogP contribution in [0.3, 0.4) is 0 Å². The number of ether oxygens (including phenoxy) is 1. The monoisotopic (exact) mass is 443 g/mol. The van der Waals surface area contributed by atoms with Gasteiger partial charge in [-0.2, -0.15) is 0 Å². The van der Waals surface area contributed by atoms with E-state index < -0.39 is 10.0 Å². The number of sulfonamides is 1. The third kappa shape index (κ3) is 5.12. The molecule has 0 unspecified atom stereocenters. The molecule has 3 N–H and O–H groups in total. The molecule has 4 rings (SSSR count). The molecule has 168 valence electrons. The Morgan fingerprint density at radius 2 is 1.90 bits per heavy atom. The van der Waals surface area contributed by atoms with Crippen molar-refractivity contribution in [3.05, 3.63) is 59.2 Å². The van der Waals surface area contributed by atoms with Crippen LogP contribution in [0.1, 0.15) is 61.8 Å². The Kier molecular flexibility index (Phi) is 6.96. The average molecular weight is 444 g/mol. The van der Waals surface area contributed by atoms with Crippen molar-refractivity contribution >= 4 is 10.0 Å². The number of unbranched alkanes of at least 4 members (excludes halogenated alkanes) is 1. The summed E-state index contributed by atoms with van der Waals surface area (Å²) < 4.78 is 33.5. The molecule has 2 aromatic carbocycles. The van der Waals surface area contributed by atoms with Crippen LogP contribution in [0.25, 0.3) is 0 Å². The SMILES string of the molecule is CCCCN[C@H]1Cc2cc(OC)ccc2[C@H](c2ccc(S(=O)(=O)NC3CCC3)cc2)N1. The Balaban J connectivity index is 1.57. The Morgan fingerprint density at radius 3 is 2.55 bits per heavy atom. The first kappa shape index (κ1) is 22.3. The van der Waals surface area contributed by atoms with Crippen LogP contribution in [0.15, 0.2) is 47.4 Å². The van der Waals surface area contributed by atoms with Crippen molar-refractivity contribution in [2.45, 2.75) is 68.6 Å². The van der Waals surface area contributed by atoms with Crippen LogP contribution in [0.4, 0.5) is 0 Å². The van der Waals surface area contributed by atoms with Crippen LogP contribution >= 0.6 is 0 Å². The first-order valence-corrected chi connectivity index (χ1v) is 12.8. The molecule has 1 saturated carbocycles. The second-order valence-corrected chi connectivity index (χ2v) is 10.3. The normalized spacial score (nSPS) is 21.4. The van der Waals surface area contributed by atoms with Gasteiger partial charge in [-0.15, -0.1) is 0 Å². The first-order chi connectivity index (χ1) is 15.0. The van der Waals surface area contributed by atoms with Gasteiger partial charge in [0.2, 0.25) is 10.0 Å². The van der Waals surface area contributed by atoms with E-state index in [0.29, 0.717) is 4.90 Å². The second-order valence-electron chi connectivity index (χ2n) is 8.55. The molecular weight excluding hydrogens is 410 g/mol. The standard InChI is InChI=1S/C24H33N3O3S/c1-3-4-14-25-23-16-18-15-20(30-2)10-13-22(18)24(26-23)17-8-11-21(12-9-17)31(28,29)27-19-6-5-7-19/h8-13,15,19,23-27H,3-7,14,16H2,1-2H3/t23-,24+/m1/s1. The molecule has 0 amide bonds. The van der Waals surface area contributed by atoms with Crippen molar-refractivity contribution in [3.63, 3.8) is 0 Å². The van der Waals surface area contributed by atoms with Gasteiger partial charge in [0.1, 0.15) is 5.75 Å². The highest BCUT2D eigenvalue weighted by atomic mass is 32.2. The molecule has 0 aromatic heterocycles. The van der Waals surface area contributed by atoms with Gasteiger partial charge in [-0.1, -0.05) is 38.0 Å². The average Bonchev–Trinajstić information content (AvgIpc) is 2.75. The number of benzene rings is 2. The highest BCUT2D eigenvalue weighted by Crippen LogP contribution is 2.33. The van der Waals surface area contributed by atoms with Gasteiger partial charge in [0.05, 0.1) is 24.2 Å². The maximum absolute atomic E-state index is 12.6. The van der Waals surface area contributed by atoms with Gasteiger partial charge in [-0.05, 0) is 66.8 Å². The van der Waals surface area contributed by atoms with Gasteiger partial charge in [0.25, 0.3) is 0 Å². The van der Waals surface area contributed by atoms with Gasteiger partial charge in [-0.3, -0.25) is 5.32 Å². The smallest absolute Gasteiger partial charge is 0.240 e. The van der Waals surface area contributed by atoms with E-state index in [0.717, 1.165) is 56.4 Å². The molecular formula is C24H33N3O3S. The zero-order valence-electron chi connectivity index (χ0n) is 18.4. The second kappa shape index (κ2) is 9.69. The lowest BCUT2D eigenvalue weighted by molar-refractivity contribution is 0.366. The van der Waals surface area contributed by atoms with Gasteiger partial charge in [0, 0.05) is 12.5 Å². The minimum absolute atomic E-state index is 0.00914. The Morgan fingerprint density at radius 1 is 1.13 bits per heavy atom. The third-order valence-electron chi connectivity index (χ3n) is 6.32. The molecule has 0 spiro atoms. The molecule has 2 atom stereocenters. The molecule has 1 heterocycles. The fraction of sp³-hybridized carbons (Fsp3) is 0.500. The van der Waals surface area contributed by atoms with Crippen LogP contribution in [0.2, 0.25) is 0 Å². The maximum Gasteiger partial charge on any atom is 0.240 e. The number of hydrogen-bond acceptors (Lipinski definition) is 5. The van der Waals surface area contributed by atoms with E-state index in [1.165, 1.54) is 11.1 Å². The molecule has 31 heavy (non-hydrogen) atoms. The number of hydrogen-bond donors (Lipinski definition) is 3. The zero-order chi connectivity index (χ0) is 21.8. The van der Waals surface area contributed by atoms with Crippen LogP contribution in [0, 0.1) is 0 Å². The fourth-order valence-corrected chi connectivity index (χ4v) is 5.56. The van der Waals surface area contributed by atoms with E-state index in [1.54, 1.807) is 19.2 Å². The highest BCUT2D eigenvalue weighted by Gasteiger charge is 2.29. The van der Waals surface area contributed by atoms with Crippen molar-refractivity contribution in [3.8, 4) is 5.75 Å². The molecule has 2 aliphatic rings. The molecule has 0 radical (unpaired) electrons. The van der Waals surface area contributed by atoms with E-state index in [4.69, 9.17) is 4.74 Å². The number of nitrogens with one attached hydrogen (secondary N) is 3. The van der Waals surface area contributed by atoms with Gasteiger partial charge in [0.15, 0.2) is 0 Å². The number of rotatable bonds is 9. The van der Waals surface area contributed by atoms with Crippen molar-refractivity contribution in [2.24, 2.45) is 0 Å². The summed E-state index contributed by atoms with van der Waals surface area (Å²) in [6.07, 6.45) is 6.26. The molecule has 1 fully saturated rings. The molecule has 2 aromatic rings. The Labute approximate surface area is 185 Å². The van der Waals surface area contributed by atoms with E-state index in [2.05, 4.69) is 34.4 Å². The van der Waals surface area contributed by atoms with Crippen molar-refractivity contribution < 1.29 is 13.2 Å². The maximum atomic E-state index is 12.6. The van der Waals surface area contributed by atoms with Gasteiger partial charge >= 0.3 is 0 Å². The summed E-state index contributed by atoms with van der Waals surface area (Å²) in [6, 6.07) is 13.6. The summed E-state index contributed by atoms with van der Waals surface area (Å²) in [5, 5.41) is 7.33. The lowest BCUT2D eigenvalue weighted by Gasteiger charge is -2.34. The van der Waals surface area contributed by atoms with Crippen LogP contribution < -0.4 is 20.1 Å². The van der Waals surface area contributed by atoms with Crippen molar-refractivity contribution in [1.29, 1.82) is 0 Å².